The van der Waals surface area contributed by atoms with E-state index < -0.39 is 14.1 Å². The van der Waals surface area contributed by atoms with Gasteiger partial charge in [-0.3, -0.25) is 0 Å². The Morgan fingerprint density at radius 3 is 2.19 bits per heavy atom. The first-order chi connectivity index (χ1) is 15.4. The summed E-state index contributed by atoms with van der Waals surface area (Å²) in [5.41, 5.74) is 1.60. The van der Waals surface area contributed by atoms with Gasteiger partial charge in [0, 0.05) is 0 Å². The van der Waals surface area contributed by atoms with Gasteiger partial charge in [0.2, 0.25) is 0 Å². The molecule has 3 aromatic carbocycles. The van der Waals surface area contributed by atoms with E-state index in [4.69, 9.17) is 9.47 Å². The third kappa shape index (κ3) is 5.34. The zero-order chi connectivity index (χ0) is 22.6. The molecule has 0 unspecified atom stereocenters. The fraction of sp³-hybridized carbons (Fsp3) is 0.208. The minimum absolute atomic E-state index is 0.0579. The second kappa shape index (κ2) is 9.80. The number of carbonyl (C=O) groups is 1. The second-order valence-electron chi connectivity index (χ2n) is 7.47. The number of para-hydroxylation sites is 1. The molecule has 164 valence electrons. The molecule has 1 aliphatic heterocycles. The van der Waals surface area contributed by atoms with E-state index in [9.17, 15) is 13.2 Å². The van der Waals surface area contributed by atoms with Crippen molar-refractivity contribution in [2.75, 3.05) is 18.0 Å². The summed E-state index contributed by atoms with van der Waals surface area (Å²) in [6.07, 6.45) is 1.97. The van der Waals surface area contributed by atoms with Gasteiger partial charge in [0.05, 0.1) is 0 Å². The molecule has 4 rings (SSSR count). The van der Waals surface area contributed by atoms with Crippen molar-refractivity contribution in [3.05, 3.63) is 83.9 Å². The predicted molar refractivity (Wildman–Crippen MR) is 123 cm³/mol. The van der Waals surface area contributed by atoms with E-state index in [0.717, 1.165) is 31.5 Å². The molecular weight excluding hydrogens is 489 g/mol. The van der Waals surface area contributed by atoms with Gasteiger partial charge in [0.1, 0.15) is 0 Å². The first-order valence-corrected chi connectivity index (χ1v) is 14.0. The van der Waals surface area contributed by atoms with Crippen LogP contribution in [0.2, 0.25) is 0 Å². The van der Waals surface area contributed by atoms with Gasteiger partial charge in [0.25, 0.3) is 0 Å². The molecule has 8 heteroatoms. The minimum atomic E-state index is -3.75. The number of esters is 1. The molecule has 0 atom stereocenters. The van der Waals surface area contributed by atoms with Crippen LogP contribution in [-0.4, -0.2) is 43.2 Å². The molecule has 1 saturated heterocycles. The molecule has 0 spiro atoms. The quantitative estimate of drug-likeness (QED) is 0.348. The van der Waals surface area contributed by atoms with Crippen molar-refractivity contribution in [2.45, 2.75) is 24.3 Å². The topological polar surface area (TPSA) is 72.9 Å². The number of anilines is 1. The SMILES string of the molecule is O=C(OCc1ccccc1)c1cc(N2CCCC2)c(Oc2ccccc2)c(S(=O)(=O)[As])c1. The average Bonchev–Trinajstić information content (AvgIpc) is 3.33. The normalized spacial score (nSPS) is 13.7. The number of carbonyl (C=O) groups excluding carboxylic acids is 1. The van der Waals surface area contributed by atoms with Crippen molar-refractivity contribution in [3.63, 3.8) is 0 Å². The first-order valence-electron chi connectivity index (χ1n) is 10.3. The van der Waals surface area contributed by atoms with E-state index in [-0.39, 0.29) is 22.8 Å². The summed E-state index contributed by atoms with van der Waals surface area (Å²) in [6.45, 7) is 1.61. The zero-order valence-electron chi connectivity index (χ0n) is 17.3. The van der Waals surface area contributed by atoms with Crippen LogP contribution in [0.25, 0.3) is 0 Å². The Hall–Kier alpha value is -2.76. The summed E-state index contributed by atoms with van der Waals surface area (Å²) in [5, 5.41) is 0. The van der Waals surface area contributed by atoms with Gasteiger partial charge in [-0.15, -0.1) is 0 Å². The van der Waals surface area contributed by atoms with Crippen LogP contribution in [0.4, 0.5) is 5.69 Å². The fourth-order valence-electron chi connectivity index (χ4n) is 3.61. The van der Waals surface area contributed by atoms with Crippen LogP contribution in [0.3, 0.4) is 0 Å². The van der Waals surface area contributed by atoms with Crippen LogP contribution in [0.5, 0.6) is 11.5 Å². The van der Waals surface area contributed by atoms with Crippen LogP contribution in [0, 0.1) is 0 Å². The zero-order valence-corrected chi connectivity index (χ0v) is 20.0. The van der Waals surface area contributed by atoms with E-state index in [0.29, 0.717) is 11.4 Å². The summed E-state index contributed by atoms with van der Waals surface area (Å²) in [7, 11) is -3.75. The number of rotatable bonds is 7. The third-order valence-corrected chi connectivity index (χ3v) is 7.27. The van der Waals surface area contributed by atoms with Gasteiger partial charge >= 0.3 is 196 Å². The summed E-state index contributed by atoms with van der Waals surface area (Å²) < 4.78 is 36.9. The van der Waals surface area contributed by atoms with E-state index in [1.54, 1.807) is 33.9 Å². The molecule has 6 nitrogen and oxygen atoms in total. The molecule has 0 bridgehead atoms. The van der Waals surface area contributed by atoms with Crippen molar-refractivity contribution in [1.82, 2.24) is 0 Å². The van der Waals surface area contributed by atoms with E-state index in [1.807, 2.05) is 53.4 Å². The Morgan fingerprint density at radius 1 is 0.938 bits per heavy atom. The van der Waals surface area contributed by atoms with Gasteiger partial charge in [0.15, 0.2) is 0 Å². The number of hydrogen-bond donors (Lipinski definition) is 0. The molecular formula is C24H22AsNO5S. The van der Waals surface area contributed by atoms with Crippen molar-refractivity contribution < 1.29 is 22.7 Å². The van der Waals surface area contributed by atoms with Crippen molar-refractivity contribution in [2.24, 2.45) is 0 Å². The molecule has 0 saturated carbocycles. The van der Waals surface area contributed by atoms with E-state index in [1.165, 1.54) is 6.07 Å². The van der Waals surface area contributed by atoms with Crippen molar-refractivity contribution in [1.29, 1.82) is 0 Å². The number of hydrogen-bond acceptors (Lipinski definition) is 6. The molecule has 32 heavy (non-hydrogen) atoms. The van der Waals surface area contributed by atoms with E-state index in [2.05, 4.69) is 0 Å². The average molecular weight is 511 g/mol. The van der Waals surface area contributed by atoms with Gasteiger partial charge in [-0.25, -0.2) is 0 Å². The molecule has 3 aromatic rings. The molecule has 0 amide bonds. The Labute approximate surface area is 195 Å². The van der Waals surface area contributed by atoms with Crippen LogP contribution in [0.15, 0.2) is 77.7 Å². The van der Waals surface area contributed by atoms with Crippen LogP contribution < -0.4 is 9.64 Å². The van der Waals surface area contributed by atoms with Crippen LogP contribution in [-0.2, 0) is 19.4 Å². The molecule has 1 aliphatic rings. The maximum atomic E-state index is 12.9. The third-order valence-electron chi connectivity index (χ3n) is 5.17. The molecule has 2 radical (unpaired) electrons. The molecule has 1 heterocycles. The van der Waals surface area contributed by atoms with Gasteiger partial charge in [-0.1, -0.05) is 0 Å². The molecule has 0 N–H and O–H groups in total. The second-order valence-corrected chi connectivity index (χ2v) is 11.9. The number of ether oxygens (including phenoxy) is 2. The van der Waals surface area contributed by atoms with Crippen molar-refractivity contribution in [3.8, 4) is 11.5 Å². The molecule has 1 fully saturated rings. The molecule has 0 aromatic heterocycles. The summed E-state index contributed by atoms with van der Waals surface area (Å²) in [4.78, 5) is 14.8. The van der Waals surface area contributed by atoms with Gasteiger partial charge in [-0.2, -0.15) is 0 Å². The fourth-order valence-corrected chi connectivity index (χ4v) is 5.12. The Morgan fingerprint density at radius 2 is 1.56 bits per heavy atom. The summed E-state index contributed by atoms with van der Waals surface area (Å²) in [5.74, 6) is 0.154. The number of benzene rings is 3. The van der Waals surface area contributed by atoms with Crippen LogP contribution in [0.1, 0.15) is 28.8 Å². The monoisotopic (exact) mass is 511 g/mol. The number of nitrogens with zero attached hydrogens (tertiary/aromatic N) is 1. The van der Waals surface area contributed by atoms with E-state index >= 15 is 0 Å². The van der Waals surface area contributed by atoms with Gasteiger partial charge in [-0.05, 0) is 0 Å². The maximum absolute atomic E-state index is 12.9. The Balaban J connectivity index is 1.74. The Bertz CT molecular complexity index is 1190. The molecule has 0 aliphatic carbocycles. The van der Waals surface area contributed by atoms with Crippen molar-refractivity contribution >= 4 is 35.5 Å². The van der Waals surface area contributed by atoms with Crippen LogP contribution >= 0.6 is 0 Å². The standard InChI is InChI=1S/C24H22AsNO5S/c25-32(28,29)22-16-19(24(27)30-17-18-9-3-1-4-10-18)15-21(26-13-7-8-14-26)23(22)31-20-11-5-2-6-12-20/h1-6,9-12,15-16H,7-8,13-14,17H2. The summed E-state index contributed by atoms with van der Waals surface area (Å²) in [6, 6.07) is 21.3. The predicted octanol–water partition coefficient (Wildman–Crippen LogP) is 4.29. The van der Waals surface area contributed by atoms with Gasteiger partial charge < -0.3 is 0 Å². The summed E-state index contributed by atoms with van der Waals surface area (Å²) >= 11 is 1.67. The first kappa shape index (κ1) is 22.4. The Kier molecular flexibility index (Phi) is 6.87.